The second kappa shape index (κ2) is 3.93. The molecular formula is C13H8ClFN2. The van der Waals surface area contributed by atoms with Gasteiger partial charge in [0.15, 0.2) is 0 Å². The molecule has 0 saturated carbocycles. The molecule has 0 saturated heterocycles. The van der Waals surface area contributed by atoms with E-state index in [2.05, 4.69) is 9.98 Å². The molecule has 3 rings (SSSR count). The van der Waals surface area contributed by atoms with Crippen LogP contribution in [-0.4, -0.2) is 10.7 Å². The van der Waals surface area contributed by atoms with Crippen molar-refractivity contribution in [2.75, 3.05) is 0 Å². The largest absolute Gasteiger partial charge is 0.279 e. The topological polar surface area (TPSA) is 25.2 Å². The molecule has 0 atom stereocenters. The van der Waals surface area contributed by atoms with Crippen LogP contribution in [0.5, 0.6) is 0 Å². The van der Waals surface area contributed by atoms with Crippen molar-refractivity contribution in [3.8, 4) is 0 Å². The third kappa shape index (κ3) is 1.83. The molecule has 0 unspecified atom stereocenters. The van der Waals surface area contributed by atoms with Crippen LogP contribution >= 0.6 is 11.6 Å². The molecule has 17 heavy (non-hydrogen) atoms. The van der Waals surface area contributed by atoms with Gasteiger partial charge in [0.25, 0.3) is 0 Å². The van der Waals surface area contributed by atoms with E-state index in [0.29, 0.717) is 11.7 Å². The molecule has 0 radical (unpaired) electrons. The average molecular weight is 247 g/mol. The predicted molar refractivity (Wildman–Crippen MR) is 65.0 cm³/mol. The minimum absolute atomic E-state index is 0.248. The summed E-state index contributed by atoms with van der Waals surface area (Å²) in [6.45, 7) is 0.601. The Bertz CT molecular complexity index is 605. The van der Waals surface area contributed by atoms with E-state index in [0.717, 1.165) is 22.4 Å². The molecule has 2 nitrogen and oxygen atoms in total. The maximum atomic E-state index is 12.9. The van der Waals surface area contributed by atoms with Gasteiger partial charge >= 0.3 is 0 Å². The second-order valence-corrected chi connectivity index (χ2v) is 4.22. The molecule has 84 valence electrons. The smallest absolute Gasteiger partial charge is 0.129 e. The van der Waals surface area contributed by atoms with E-state index in [1.165, 1.54) is 12.1 Å². The number of benzene rings is 1. The number of hydrogen-bond acceptors (Lipinski definition) is 2. The quantitative estimate of drug-likeness (QED) is 0.710. The summed E-state index contributed by atoms with van der Waals surface area (Å²) in [5, 5.41) is 0.472. The van der Waals surface area contributed by atoms with Crippen LogP contribution in [0.25, 0.3) is 0 Å². The van der Waals surface area contributed by atoms with Gasteiger partial charge in [0, 0.05) is 17.3 Å². The molecule has 0 aliphatic carbocycles. The van der Waals surface area contributed by atoms with Crippen molar-refractivity contribution in [3.05, 3.63) is 64.2 Å². The van der Waals surface area contributed by atoms with Gasteiger partial charge in [0.1, 0.15) is 11.0 Å². The Kier molecular flexibility index (Phi) is 2.41. The van der Waals surface area contributed by atoms with Gasteiger partial charge in [0.2, 0.25) is 0 Å². The first-order valence-corrected chi connectivity index (χ1v) is 5.57. The van der Waals surface area contributed by atoms with Gasteiger partial charge in [-0.25, -0.2) is 9.37 Å². The van der Waals surface area contributed by atoms with E-state index in [9.17, 15) is 4.39 Å². The monoisotopic (exact) mass is 246 g/mol. The van der Waals surface area contributed by atoms with E-state index in [1.807, 2.05) is 6.07 Å². The molecular weight excluding hydrogens is 239 g/mol. The Morgan fingerprint density at radius 3 is 2.71 bits per heavy atom. The highest BCUT2D eigenvalue weighted by atomic mass is 35.5. The fourth-order valence-electron chi connectivity index (χ4n) is 1.92. The number of aromatic nitrogens is 1. The molecule has 0 bridgehead atoms. The van der Waals surface area contributed by atoms with Crippen molar-refractivity contribution in [2.45, 2.75) is 6.54 Å². The molecule has 0 spiro atoms. The van der Waals surface area contributed by atoms with Gasteiger partial charge in [-0.15, -0.1) is 0 Å². The summed E-state index contributed by atoms with van der Waals surface area (Å²) >= 11 is 5.83. The predicted octanol–water partition coefficient (Wildman–Crippen LogP) is 3.23. The van der Waals surface area contributed by atoms with Crippen molar-refractivity contribution in [1.29, 1.82) is 0 Å². The zero-order valence-electron chi connectivity index (χ0n) is 8.82. The lowest BCUT2D eigenvalue weighted by Gasteiger charge is -2.03. The third-order valence-corrected chi connectivity index (χ3v) is 2.94. The highest BCUT2D eigenvalue weighted by Crippen LogP contribution is 2.24. The highest BCUT2D eigenvalue weighted by molar-refractivity contribution is 6.29. The second-order valence-electron chi connectivity index (χ2n) is 3.84. The summed E-state index contributed by atoms with van der Waals surface area (Å²) in [4.78, 5) is 8.49. The van der Waals surface area contributed by atoms with Crippen LogP contribution in [0, 0.1) is 5.82 Å². The first kappa shape index (κ1) is 10.4. The van der Waals surface area contributed by atoms with Crippen LogP contribution in [0.1, 0.15) is 16.7 Å². The molecule has 1 aliphatic rings. The summed E-state index contributed by atoms with van der Waals surface area (Å²) in [5.74, 6) is -0.248. The van der Waals surface area contributed by atoms with Gasteiger partial charge in [-0.1, -0.05) is 11.6 Å². The van der Waals surface area contributed by atoms with Crippen molar-refractivity contribution in [2.24, 2.45) is 4.99 Å². The van der Waals surface area contributed by atoms with Gasteiger partial charge in [-0.3, -0.25) is 4.99 Å². The van der Waals surface area contributed by atoms with Crippen molar-refractivity contribution in [1.82, 2.24) is 4.98 Å². The van der Waals surface area contributed by atoms with E-state index in [4.69, 9.17) is 11.6 Å². The number of halogens is 2. The molecule has 0 fully saturated rings. The van der Waals surface area contributed by atoms with E-state index < -0.39 is 0 Å². The van der Waals surface area contributed by atoms with Crippen LogP contribution in [-0.2, 0) is 6.54 Å². The SMILES string of the molecule is Fc1ccc(C2=NCc3cc(Cl)ncc32)cc1. The number of pyridine rings is 1. The number of nitrogens with zero attached hydrogens (tertiary/aromatic N) is 2. The van der Waals surface area contributed by atoms with E-state index in [-0.39, 0.29) is 5.82 Å². The van der Waals surface area contributed by atoms with E-state index in [1.54, 1.807) is 18.3 Å². The van der Waals surface area contributed by atoms with Crippen molar-refractivity contribution in [3.63, 3.8) is 0 Å². The van der Waals surface area contributed by atoms with Crippen LogP contribution in [0.3, 0.4) is 0 Å². The molecule has 4 heteroatoms. The summed E-state index contributed by atoms with van der Waals surface area (Å²) < 4.78 is 12.9. The Morgan fingerprint density at radius 2 is 1.94 bits per heavy atom. The zero-order chi connectivity index (χ0) is 11.8. The third-order valence-electron chi connectivity index (χ3n) is 2.74. The van der Waals surface area contributed by atoms with E-state index >= 15 is 0 Å². The number of rotatable bonds is 1. The first-order chi connectivity index (χ1) is 8.24. The molecule has 1 aliphatic heterocycles. The highest BCUT2D eigenvalue weighted by Gasteiger charge is 2.18. The normalized spacial score (nSPS) is 13.4. The van der Waals surface area contributed by atoms with Crippen LogP contribution in [0.2, 0.25) is 5.15 Å². The maximum Gasteiger partial charge on any atom is 0.129 e. The minimum atomic E-state index is -0.248. The lowest BCUT2D eigenvalue weighted by atomic mass is 10.0. The standard InChI is InChI=1S/C13H8ClFN2/c14-12-5-9-6-17-13(11(9)7-16-12)8-1-3-10(15)4-2-8/h1-5,7H,6H2. The Balaban J connectivity index is 2.06. The minimum Gasteiger partial charge on any atom is -0.279 e. The average Bonchev–Trinajstić information content (AvgIpc) is 2.73. The first-order valence-electron chi connectivity index (χ1n) is 5.19. The lowest BCUT2D eigenvalue weighted by molar-refractivity contribution is 0.628. The number of aliphatic imine (C=N–C) groups is 1. The Morgan fingerprint density at radius 1 is 1.18 bits per heavy atom. The lowest BCUT2D eigenvalue weighted by Crippen LogP contribution is -2.01. The molecule has 0 N–H and O–H groups in total. The summed E-state index contributed by atoms with van der Waals surface area (Å²) in [5.41, 5.74) is 3.78. The van der Waals surface area contributed by atoms with Gasteiger partial charge in [-0.05, 0) is 35.9 Å². The van der Waals surface area contributed by atoms with Crippen molar-refractivity contribution >= 4 is 17.3 Å². The summed E-state index contributed by atoms with van der Waals surface area (Å²) in [7, 11) is 0. The molecule has 0 amide bonds. The molecule has 1 aromatic carbocycles. The summed E-state index contributed by atoms with van der Waals surface area (Å²) in [6.07, 6.45) is 1.72. The molecule has 2 heterocycles. The molecule has 2 aromatic rings. The number of fused-ring (bicyclic) bond motifs is 1. The van der Waals surface area contributed by atoms with Crippen LogP contribution in [0.15, 0.2) is 41.5 Å². The molecule has 1 aromatic heterocycles. The van der Waals surface area contributed by atoms with Crippen LogP contribution < -0.4 is 0 Å². The summed E-state index contributed by atoms with van der Waals surface area (Å²) in [6, 6.07) is 8.12. The Labute approximate surface area is 103 Å². The number of hydrogen-bond donors (Lipinski definition) is 0. The van der Waals surface area contributed by atoms with Crippen LogP contribution in [0.4, 0.5) is 4.39 Å². The van der Waals surface area contributed by atoms with Gasteiger partial charge in [0.05, 0.1) is 12.3 Å². The fourth-order valence-corrected chi connectivity index (χ4v) is 2.10. The zero-order valence-corrected chi connectivity index (χ0v) is 9.58. The maximum absolute atomic E-state index is 12.9. The van der Waals surface area contributed by atoms with Gasteiger partial charge < -0.3 is 0 Å². The Hall–Kier alpha value is -1.74. The van der Waals surface area contributed by atoms with Gasteiger partial charge in [-0.2, -0.15) is 0 Å². The van der Waals surface area contributed by atoms with Crippen molar-refractivity contribution < 1.29 is 4.39 Å². The fraction of sp³-hybridized carbons (Fsp3) is 0.0769.